The normalized spacial score (nSPS) is 15.9. The highest BCUT2D eigenvalue weighted by Gasteiger charge is 2.31. The molecule has 4 rings (SSSR count). The second-order valence-corrected chi connectivity index (χ2v) is 9.22. The number of nitrogens with zero attached hydrogens (tertiary/aromatic N) is 2. The van der Waals surface area contributed by atoms with Gasteiger partial charge in [0.25, 0.3) is 5.56 Å². The fraction of sp³-hybridized carbons (Fsp3) is 0.393. The van der Waals surface area contributed by atoms with Crippen LogP contribution in [0.2, 0.25) is 0 Å². The number of anilines is 3. The summed E-state index contributed by atoms with van der Waals surface area (Å²) in [5, 5.41) is 11.6. The van der Waals surface area contributed by atoms with Gasteiger partial charge in [-0.1, -0.05) is 61.9 Å². The maximum atomic E-state index is 13.3. The number of pyridine rings is 1. The molecule has 1 aliphatic heterocycles. The second-order valence-electron chi connectivity index (χ2n) is 9.22. The molecule has 1 saturated heterocycles. The van der Waals surface area contributed by atoms with Gasteiger partial charge in [0.1, 0.15) is 11.4 Å². The van der Waals surface area contributed by atoms with E-state index in [1.54, 1.807) is 0 Å². The van der Waals surface area contributed by atoms with Crippen LogP contribution in [0.15, 0.2) is 65.5 Å². The number of hydrogen-bond acceptors (Lipinski definition) is 4. The predicted octanol–water partition coefficient (Wildman–Crippen LogP) is 5.96. The third-order valence-electron chi connectivity index (χ3n) is 6.56. The Morgan fingerprint density at radius 2 is 1.76 bits per heavy atom. The maximum Gasteiger partial charge on any atom is 0.275 e. The Morgan fingerprint density at radius 3 is 2.39 bits per heavy atom. The highest BCUT2D eigenvalue weighted by atomic mass is 16.3. The molecule has 0 spiro atoms. The molecule has 0 bridgehead atoms. The van der Waals surface area contributed by atoms with Gasteiger partial charge in [0.15, 0.2) is 5.75 Å². The predicted molar refractivity (Wildman–Crippen MR) is 137 cm³/mol. The van der Waals surface area contributed by atoms with E-state index < -0.39 is 0 Å². The van der Waals surface area contributed by atoms with E-state index in [0.29, 0.717) is 11.6 Å². The van der Waals surface area contributed by atoms with Crippen LogP contribution in [0.25, 0.3) is 0 Å². The number of aromatic nitrogens is 1. The Balaban J connectivity index is 1.79. The summed E-state index contributed by atoms with van der Waals surface area (Å²) < 4.78 is 0. The molecule has 2 aromatic carbocycles. The van der Waals surface area contributed by atoms with Crippen LogP contribution in [0.5, 0.6) is 5.75 Å². The largest absolute Gasteiger partial charge is 0.504 e. The van der Waals surface area contributed by atoms with Crippen LogP contribution in [0.3, 0.4) is 0 Å². The standard InChI is InChI=1S/C28H35N3O2/c1-4-5-16-24-25(31(20(2)3)23-14-10-7-11-15-23)27(32)26(28(33)29-24)30-18-17-22(19-30)21-12-8-6-9-13-21/h6-15,20,22H,4-5,16-19H2,1-3H3,(H2,29,32,33)/t22-/m0/s1. The number of aryl methyl sites for hydroxylation is 1. The maximum absolute atomic E-state index is 13.3. The summed E-state index contributed by atoms with van der Waals surface area (Å²) in [6.07, 6.45) is 3.64. The summed E-state index contributed by atoms with van der Waals surface area (Å²) in [6, 6.07) is 20.6. The average molecular weight is 446 g/mol. The minimum absolute atomic E-state index is 0.0936. The molecule has 0 amide bonds. The number of aromatic amines is 1. The van der Waals surface area contributed by atoms with Crippen molar-refractivity contribution >= 4 is 17.1 Å². The zero-order valence-corrected chi connectivity index (χ0v) is 19.9. The molecule has 0 aliphatic carbocycles. The van der Waals surface area contributed by atoms with Crippen LogP contribution >= 0.6 is 0 Å². The van der Waals surface area contributed by atoms with Gasteiger partial charge in [0.2, 0.25) is 0 Å². The lowest BCUT2D eigenvalue weighted by molar-refractivity contribution is 0.470. The molecular formula is C28H35N3O2. The number of benzene rings is 2. The molecule has 1 aromatic heterocycles. The van der Waals surface area contributed by atoms with E-state index in [2.05, 4.69) is 72.0 Å². The number of unbranched alkanes of at least 4 members (excludes halogenated alkanes) is 1. The first kappa shape index (κ1) is 23.0. The number of nitrogens with one attached hydrogen (secondary N) is 1. The Kier molecular flexibility index (Phi) is 7.07. The van der Waals surface area contributed by atoms with Crippen LogP contribution in [-0.4, -0.2) is 29.2 Å². The van der Waals surface area contributed by atoms with Crippen molar-refractivity contribution in [1.29, 1.82) is 0 Å². The van der Waals surface area contributed by atoms with Gasteiger partial charge in [0.05, 0.1) is 0 Å². The van der Waals surface area contributed by atoms with Gasteiger partial charge in [0, 0.05) is 36.4 Å². The molecular weight excluding hydrogens is 410 g/mol. The summed E-state index contributed by atoms with van der Waals surface area (Å²) in [6.45, 7) is 7.83. The quantitative estimate of drug-likeness (QED) is 0.449. The number of rotatable bonds is 8. The first-order valence-electron chi connectivity index (χ1n) is 12.1. The molecule has 0 radical (unpaired) electrons. The molecule has 5 nitrogen and oxygen atoms in total. The van der Waals surface area contributed by atoms with Crippen molar-refractivity contribution in [2.45, 2.75) is 58.4 Å². The number of hydrogen-bond donors (Lipinski definition) is 2. The first-order valence-corrected chi connectivity index (χ1v) is 12.1. The molecule has 2 heterocycles. The summed E-state index contributed by atoms with van der Waals surface area (Å²) >= 11 is 0. The Labute approximate surface area is 196 Å². The van der Waals surface area contributed by atoms with Crippen molar-refractivity contribution in [3.8, 4) is 5.75 Å². The van der Waals surface area contributed by atoms with E-state index >= 15 is 0 Å². The molecule has 1 fully saturated rings. The molecule has 2 N–H and O–H groups in total. The Bertz CT molecular complexity index is 1110. The van der Waals surface area contributed by atoms with Gasteiger partial charge in [-0.25, -0.2) is 0 Å². The van der Waals surface area contributed by atoms with Gasteiger partial charge in [-0.15, -0.1) is 0 Å². The highest BCUT2D eigenvalue weighted by molar-refractivity contribution is 5.79. The molecule has 33 heavy (non-hydrogen) atoms. The summed E-state index contributed by atoms with van der Waals surface area (Å²) in [7, 11) is 0. The van der Waals surface area contributed by atoms with Gasteiger partial charge in [-0.2, -0.15) is 0 Å². The van der Waals surface area contributed by atoms with Crippen LogP contribution in [-0.2, 0) is 6.42 Å². The fourth-order valence-electron chi connectivity index (χ4n) is 4.94. The molecule has 1 atom stereocenters. The number of para-hydroxylation sites is 1. The van der Waals surface area contributed by atoms with Crippen molar-refractivity contribution < 1.29 is 5.11 Å². The molecule has 0 unspecified atom stereocenters. The van der Waals surface area contributed by atoms with Crippen LogP contribution in [0.1, 0.15) is 57.2 Å². The molecule has 5 heteroatoms. The lowest BCUT2D eigenvalue weighted by Gasteiger charge is -2.33. The average Bonchev–Trinajstić information content (AvgIpc) is 3.30. The van der Waals surface area contributed by atoms with E-state index in [0.717, 1.165) is 55.8 Å². The minimum Gasteiger partial charge on any atom is -0.504 e. The van der Waals surface area contributed by atoms with Gasteiger partial charge in [-0.3, -0.25) is 4.79 Å². The lowest BCUT2D eigenvalue weighted by Crippen LogP contribution is -2.32. The van der Waals surface area contributed by atoms with Crippen molar-refractivity contribution in [3.63, 3.8) is 0 Å². The zero-order valence-electron chi connectivity index (χ0n) is 19.9. The fourth-order valence-corrected chi connectivity index (χ4v) is 4.94. The summed E-state index contributed by atoms with van der Waals surface area (Å²) in [5.74, 6) is 0.444. The molecule has 3 aromatic rings. The van der Waals surface area contributed by atoms with Gasteiger partial charge < -0.3 is 19.9 Å². The van der Waals surface area contributed by atoms with Crippen molar-refractivity contribution in [2.24, 2.45) is 0 Å². The Hall–Kier alpha value is -3.21. The minimum atomic E-state index is -0.201. The smallest absolute Gasteiger partial charge is 0.275 e. The van der Waals surface area contributed by atoms with E-state index in [1.165, 1.54) is 5.56 Å². The van der Waals surface area contributed by atoms with E-state index in [-0.39, 0.29) is 17.4 Å². The molecule has 174 valence electrons. The molecule has 1 aliphatic rings. The first-order chi connectivity index (χ1) is 16.0. The lowest BCUT2D eigenvalue weighted by atomic mass is 9.99. The Morgan fingerprint density at radius 1 is 1.09 bits per heavy atom. The van der Waals surface area contributed by atoms with Crippen molar-refractivity contribution in [1.82, 2.24) is 4.98 Å². The highest BCUT2D eigenvalue weighted by Crippen LogP contribution is 2.43. The monoisotopic (exact) mass is 445 g/mol. The third-order valence-corrected chi connectivity index (χ3v) is 6.56. The number of H-pyrrole nitrogens is 1. The van der Waals surface area contributed by atoms with E-state index in [1.807, 2.05) is 24.3 Å². The zero-order chi connectivity index (χ0) is 23.4. The van der Waals surface area contributed by atoms with E-state index in [9.17, 15) is 9.90 Å². The summed E-state index contributed by atoms with van der Waals surface area (Å²) in [4.78, 5) is 20.6. The van der Waals surface area contributed by atoms with Crippen LogP contribution < -0.4 is 15.4 Å². The van der Waals surface area contributed by atoms with Crippen LogP contribution in [0.4, 0.5) is 17.1 Å². The molecule has 0 saturated carbocycles. The van der Waals surface area contributed by atoms with Gasteiger partial charge in [-0.05, 0) is 50.8 Å². The summed E-state index contributed by atoms with van der Waals surface area (Å²) in [5.41, 5.74) is 4.01. The van der Waals surface area contributed by atoms with Crippen LogP contribution in [0, 0.1) is 0 Å². The third kappa shape index (κ3) is 4.77. The second kappa shape index (κ2) is 10.2. The topological polar surface area (TPSA) is 59.6 Å². The van der Waals surface area contributed by atoms with E-state index in [4.69, 9.17) is 0 Å². The van der Waals surface area contributed by atoms with Gasteiger partial charge >= 0.3 is 0 Å². The van der Waals surface area contributed by atoms with Crippen molar-refractivity contribution in [2.75, 3.05) is 22.9 Å². The SMILES string of the molecule is CCCCc1[nH]c(=O)c(N2CC[C@H](c3ccccc3)C2)c(O)c1N(c1ccccc1)C(C)C. The number of aromatic hydroxyl groups is 1. The van der Waals surface area contributed by atoms with Crippen molar-refractivity contribution in [3.05, 3.63) is 82.3 Å².